The van der Waals surface area contributed by atoms with Crippen LogP contribution in [0.4, 0.5) is 0 Å². The Labute approximate surface area is 109 Å². The topological polar surface area (TPSA) is 46.3 Å². The molecule has 2 unspecified atom stereocenters. The number of benzene rings is 1. The zero-order valence-electron chi connectivity index (χ0n) is 11.2. The van der Waals surface area contributed by atoms with Crippen LogP contribution in [0.5, 0.6) is 0 Å². The highest BCUT2D eigenvalue weighted by Gasteiger charge is 2.34. The zero-order valence-corrected chi connectivity index (χ0v) is 11.2. The Hall–Kier alpha value is -1.35. The molecule has 0 saturated heterocycles. The van der Waals surface area contributed by atoms with E-state index in [-0.39, 0.29) is 11.8 Å². The number of fused-ring (bicyclic) bond motifs is 1. The molecule has 98 valence electrons. The van der Waals surface area contributed by atoms with Crippen LogP contribution in [-0.2, 0) is 11.2 Å². The minimum absolute atomic E-state index is 0.0751. The normalized spacial score (nSPS) is 18.7. The van der Waals surface area contributed by atoms with E-state index in [1.807, 2.05) is 24.0 Å². The number of nitrogens with zero attached hydrogens (tertiary/aromatic N) is 1. The number of likely N-dealkylation sites (N-methyl/N-ethyl adjacent to an activating group) is 1. The van der Waals surface area contributed by atoms with Crippen molar-refractivity contribution in [3.05, 3.63) is 35.4 Å². The molecule has 0 fully saturated rings. The van der Waals surface area contributed by atoms with Crippen LogP contribution in [0, 0.1) is 5.92 Å². The van der Waals surface area contributed by atoms with E-state index in [0.717, 1.165) is 19.5 Å². The van der Waals surface area contributed by atoms with Gasteiger partial charge in [0.1, 0.15) is 0 Å². The summed E-state index contributed by atoms with van der Waals surface area (Å²) in [6, 6.07) is 8.23. The van der Waals surface area contributed by atoms with Crippen molar-refractivity contribution in [2.45, 2.75) is 26.2 Å². The van der Waals surface area contributed by atoms with Crippen LogP contribution in [0.1, 0.15) is 30.9 Å². The third kappa shape index (κ3) is 2.41. The minimum atomic E-state index is 0.0751. The second kappa shape index (κ2) is 5.53. The fourth-order valence-corrected chi connectivity index (χ4v) is 2.53. The van der Waals surface area contributed by atoms with Crippen LogP contribution in [0.3, 0.4) is 0 Å². The molecule has 1 amide bonds. The van der Waals surface area contributed by atoms with E-state index in [1.54, 1.807) is 0 Å². The minimum Gasteiger partial charge on any atom is -0.342 e. The first-order valence-electron chi connectivity index (χ1n) is 6.74. The lowest BCUT2D eigenvalue weighted by atomic mass is 9.77. The molecule has 0 aliphatic heterocycles. The lowest BCUT2D eigenvalue weighted by Gasteiger charge is -2.34. The van der Waals surface area contributed by atoms with Crippen molar-refractivity contribution < 1.29 is 4.79 Å². The maximum absolute atomic E-state index is 12.5. The fraction of sp³-hybridized carbons (Fsp3) is 0.533. The number of carbonyl (C=O) groups is 1. The maximum Gasteiger partial charge on any atom is 0.230 e. The predicted molar refractivity (Wildman–Crippen MR) is 73.4 cm³/mol. The molecule has 1 aliphatic rings. The summed E-state index contributed by atoms with van der Waals surface area (Å²) in [5.41, 5.74) is 8.16. The molecule has 1 aromatic carbocycles. The molecule has 2 N–H and O–H groups in total. The third-order valence-corrected chi connectivity index (χ3v) is 3.78. The molecule has 2 rings (SSSR count). The fourth-order valence-electron chi connectivity index (χ4n) is 2.53. The second-order valence-electron chi connectivity index (χ2n) is 5.17. The molecule has 1 aliphatic carbocycles. The number of rotatable bonds is 5. The number of carbonyl (C=O) groups excluding carboxylic acids is 1. The van der Waals surface area contributed by atoms with Gasteiger partial charge in [-0.1, -0.05) is 31.2 Å². The lowest BCUT2D eigenvalue weighted by Crippen LogP contribution is -2.42. The van der Waals surface area contributed by atoms with E-state index < -0.39 is 0 Å². The second-order valence-corrected chi connectivity index (χ2v) is 5.17. The molecule has 2 atom stereocenters. The van der Waals surface area contributed by atoms with Crippen molar-refractivity contribution in [1.29, 1.82) is 0 Å². The van der Waals surface area contributed by atoms with Crippen LogP contribution in [0.2, 0.25) is 0 Å². The highest BCUT2D eigenvalue weighted by atomic mass is 16.2. The van der Waals surface area contributed by atoms with Crippen LogP contribution < -0.4 is 5.73 Å². The monoisotopic (exact) mass is 246 g/mol. The molecule has 0 aromatic heterocycles. The van der Waals surface area contributed by atoms with Crippen LogP contribution in [-0.4, -0.2) is 30.4 Å². The number of hydrogen-bond donors (Lipinski definition) is 1. The van der Waals surface area contributed by atoms with Gasteiger partial charge in [-0.2, -0.15) is 0 Å². The zero-order chi connectivity index (χ0) is 13.1. The smallest absolute Gasteiger partial charge is 0.230 e. The summed E-state index contributed by atoms with van der Waals surface area (Å²) in [4.78, 5) is 14.4. The van der Waals surface area contributed by atoms with Gasteiger partial charge in [0.25, 0.3) is 0 Å². The van der Waals surface area contributed by atoms with E-state index in [0.29, 0.717) is 12.5 Å². The van der Waals surface area contributed by atoms with Gasteiger partial charge in [-0.3, -0.25) is 4.79 Å². The molecule has 0 bridgehead atoms. The Kier molecular flexibility index (Phi) is 4.02. The standard InChI is InChI=1S/C15H22N2O/c1-3-17(10-11(2)9-16)15(18)14-8-12-6-4-5-7-13(12)14/h4-7,11,14H,3,8-10,16H2,1-2H3. The largest absolute Gasteiger partial charge is 0.342 e. The molecule has 3 heteroatoms. The van der Waals surface area contributed by atoms with Crippen molar-refractivity contribution in [2.75, 3.05) is 19.6 Å². The van der Waals surface area contributed by atoms with Crippen LogP contribution >= 0.6 is 0 Å². The number of hydrogen-bond acceptors (Lipinski definition) is 2. The van der Waals surface area contributed by atoms with Gasteiger partial charge in [-0.05, 0) is 36.9 Å². The summed E-state index contributed by atoms with van der Waals surface area (Å²) in [7, 11) is 0. The van der Waals surface area contributed by atoms with E-state index >= 15 is 0 Å². The van der Waals surface area contributed by atoms with Gasteiger partial charge in [0.2, 0.25) is 5.91 Å². The molecule has 0 spiro atoms. The average molecular weight is 246 g/mol. The van der Waals surface area contributed by atoms with Gasteiger partial charge in [-0.15, -0.1) is 0 Å². The van der Waals surface area contributed by atoms with Crippen molar-refractivity contribution in [2.24, 2.45) is 11.7 Å². The van der Waals surface area contributed by atoms with E-state index in [4.69, 9.17) is 5.73 Å². The summed E-state index contributed by atoms with van der Waals surface area (Å²) in [5.74, 6) is 0.701. The van der Waals surface area contributed by atoms with Gasteiger partial charge in [-0.25, -0.2) is 0 Å². The summed E-state index contributed by atoms with van der Waals surface area (Å²) < 4.78 is 0. The molecule has 3 nitrogen and oxygen atoms in total. The summed E-state index contributed by atoms with van der Waals surface area (Å²) in [6.07, 6.45) is 0.891. The predicted octanol–water partition coefficient (Wildman–Crippen LogP) is 1.77. The van der Waals surface area contributed by atoms with Crippen LogP contribution in [0.25, 0.3) is 0 Å². The highest BCUT2D eigenvalue weighted by Crippen LogP contribution is 2.36. The summed E-state index contributed by atoms with van der Waals surface area (Å²) in [6.45, 7) is 6.29. The lowest BCUT2D eigenvalue weighted by molar-refractivity contribution is -0.133. The Morgan fingerprint density at radius 1 is 1.50 bits per heavy atom. The molecule has 0 saturated carbocycles. The summed E-state index contributed by atoms with van der Waals surface area (Å²) >= 11 is 0. The average Bonchev–Trinajstić information content (AvgIpc) is 2.36. The molecule has 0 heterocycles. The first-order valence-corrected chi connectivity index (χ1v) is 6.74. The summed E-state index contributed by atoms with van der Waals surface area (Å²) in [5, 5.41) is 0. The van der Waals surface area contributed by atoms with Gasteiger partial charge in [0.15, 0.2) is 0 Å². The third-order valence-electron chi connectivity index (χ3n) is 3.78. The molecular weight excluding hydrogens is 224 g/mol. The quantitative estimate of drug-likeness (QED) is 0.860. The highest BCUT2D eigenvalue weighted by molar-refractivity contribution is 5.86. The van der Waals surface area contributed by atoms with Crippen molar-refractivity contribution in [1.82, 2.24) is 4.90 Å². The molecule has 0 radical (unpaired) electrons. The maximum atomic E-state index is 12.5. The van der Waals surface area contributed by atoms with E-state index in [2.05, 4.69) is 19.1 Å². The number of nitrogens with two attached hydrogens (primary N) is 1. The van der Waals surface area contributed by atoms with Crippen molar-refractivity contribution >= 4 is 5.91 Å². The van der Waals surface area contributed by atoms with E-state index in [9.17, 15) is 4.79 Å². The molecule has 1 aromatic rings. The van der Waals surface area contributed by atoms with Gasteiger partial charge >= 0.3 is 0 Å². The Balaban J connectivity index is 2.04. The molecule has 18 heavy (non-hydrogen) atoms. The molecular formula is C15H22N2O. The Bertz CT molecular complexity index is 430. The van der Waals surface area contributed by atoms with Gasteiger partial charge < -0.3 is 10.6 Å². The van der Waals surface area contributed by atoms with Gasteiger partial charge in [0, 0.05) is 13.1 Å². The van der Waals surface area contributed by atoms with Gasteiger partial charge in [0.05, 0.1) is 5.92 Å². The Morgan fingerprint density at radius 3 is 2.83 bits per heavy atom. The first kappa shape index (κ1) is 13.1. The van der Waals surface area contributed by atoms with Crippen molar-refractivity contribution in [3.63, 3.8) is 0 Å². The SMILES string of the molecule is CCN(CC(C)CN)C(=O)C1Cc2ccccc21. The Morgan fingerprint density at radius 2 is 2.22 bits per heavy atom. The number of amides is 1. The van der Waals surface area contributed by atoms with Crippen LogP contribution in [0.15, 0.2) is 24.3 Å². The first-order chi connectivity index (χ1) is 8.67. The van der Waals surface area contributed by atoms with E-state index in [1.165, 1.54) is 11.1 Å². The van der Waals surface area contributed by atoms with Crippen molar-refractivity contribution in [3.8, 4) is 0 Å².